The van der Waals surface area contributed by atoms with Gasteiger partial charge in [-0.05, 0) is 43.2 Å². The van der Waals surface area contributed by atoms with E-state index in [1.165, 1.54) is 24.3 Å². The lowest BCUT2D eigenvalue weighted by Crippen LogP contribution is -2.35. The SMILES string of the molecule is CCCc1ccccc1C[C@H]1[C@H]2CC[C@H](C[C@H]1c1nc(C(C)=O)co1)O2. The standard InChI is InChI=1S/C22H27NO3/c1-3-6-15-7-4-5-8-16(15)11-18-19(12-17-9-10-21(18)26-17)22-23-20(13-25-22)14(2)24/h4-5,7-8,13,17-19,21H,3,6,9-12H2,1-2H3/t17-,18-,19-,21-/m1/s1. The fraction of sp³-hybridized carbons (Fsp3) is 0.545. The molecule has 4 nitrogen and oxygen atoms in total. The van der Waals surface area contributed by atoms with Gasteiger partial charge in [-0.3, -0.25) is 4.79 Å². The summed E-state index contributed by atoms with van der Waals surface area (Å²) in [5, 5.41) is 0. The smallest absolute Gasteiger partial charge is 0.198 e. The van der Waals surface area contributed by atoms with E-state index in [1.807, 2.05) is 0 Å². The van der Waals surface area contributed by atoms with Crippen LogP contribution in [0.3, 0.4) is 0 Å². The summed E-state index contributed by atoms with van der Waals surface area (Å²) in [4.78, 5) is 16.1. The predicted molar refractivity (Wildman–Crippen MR) is 99.4 cm³/mol. The molecule has 4 atom stereocenters. The maximum absolute atomic E-state index is 11.6. The Hall–Kier alpha value is -1.94. The summed E-state index contributed by atoms with van der Waals surface area (Å²) in [6, 6.07) is 8.75. The van der Waals surface area contributed by atoms with Crippen LogP contribution in [0.2, 0.25) is 0 Å². The van der Waals surface area contributed by atoms with Crippen molar-refractivity contribution in [1.82, 2.24) is 4.98 Å². The molecule has 0 saturated carbocycles. The lowest BCUT2D eigenvalue weighted by molar-refractivity contribution is -0.0480. The van der Waals surface area contributed by atoms with Crippen LogP contribution in [-0.4, -0.2) is 23.0 Å². The third kappa shape index (κ3) is 3.35. The largest absolute Gasteiger partial charge is 0.448 e. The van der Waals surface area contributed by atoms with Crippen molar-refractivity contribution in [2.24, 2.45) is 5.92 Å². The second-order valence-corrected chi connectivity index (χ2v) is 7.73. The molecule has 0 radical (unpaired) electrons. The molecule has 2 aliphatic rings. The summed E-state index contributed by atoms with van der Waals surface area (Å²) in [6.07, 6.45) is 8.49. The van der Waals surface area contributed by atoms with Crippen LogP contribution in [0.5, 0.6) is 0 Å². The zero-order chi connectivity index (χ0) is 18.1. The van der Waals surface area contributed by atoms with Gasteiger partial charge in [0.25, 0.3) is 0 Å². The Morgan fingerprint density at radius 1 is 1.23 bits per heavy atom. The van der Waals surface area contributed by atoms with Crippen molar-refractivity contribution in [3.8, 4) is 0 Å². The highest BCUT2D eigenvalue weighted by atomic mass is 16.5. The molecule has 3 heterocycles. The van der Waals surface area contributed by atoms with E-state index in [-0.39, 0.29) is 17.8 Å². The van der Waals surface area contributed by atoms with E-state index in [4.69, 9.17) is 9.15 Å². The van der Waals surface area contributed by atoms with E-state index in [9.17, 15) is 4.79 Å². The van der Waals surface area contributed by atoms with Gasteiger partial charge in [-0.1, -0.05) is 37.6 Å². The zero-order valence-corrected chi connectivity index (χ0v) is 15.6. The maximum atomic E-state index is 11.6. The van der Waals surface area contributed by atoms with Gasteiger partial charge in [0.2, 0.25) is 0 Å². The number of carbonyl (C=O) groups is 1. The van der Waals surface area contributed by atoms with Crippen molar-refractivity contribution in [3.05, 3.63) is 53.2 Å². The van der Waals surface area contributed by atoms with Crippen LogP contribution in [-0.2, 0) is 17.6 Å². The average molecular weight is 353 g/mol. The molecule has 2 saturated heterocycles. The summed E-state index contributed by atoms with van der Waals surface area (Å²) >= 11 is 0. The first-order valence-corrected chi connectivity index (χ1v) is 9.84. The number of fused-ring (bicyclic) bond motifs is 2. The van der Waals surface area contributed by atoms with Crippen molar-refractivity contribution < 1.29 is 13.9 Å². The molecule has 2 aromatic rings. The molecule has 1 aromatic heterocycles. The van der Waals surface area contributed by atoms with Crippen LogP contribution < -0.4 is 0 Å². The number of benzene rings is 1. The number of ether oxygens (including phenoxy) is 1. The van der Waals surface area contributed by atoms with Crippen LogP contribution in [0, 0.1) is 5.92 Å². The zero-order valence-electron chi connectivity index (χ0n) is 15.6. The second-order valence-electron chi connectivity index (χ2n) is 7.73. The Morgan fingerprint density at radius 3 is 2.77 bits per heavy atom. The van der Waals surface area contributed by atoms with Crippen LogP contribution >= 0.6 is 0 Å². The summed E-state index contributed by atoms with van der Waals surface area (Å²) in [7, 11) is 0. The summed E-state index contributed by atoms with van der Waals surface area (Å²) in [5.41, 5.74) is 3.28. The van der Waals surface area contributed by atoms with Crippen molar-refractivity contribution in [2.45, 2.75) is 70.5 Å². The Morgan fingerprint density at radius 2 is 2.04 bits per heavy atom. The van der Waals surface area contributed by atoms with Gasteiger partial charge in [-0.25, -0.2) is 4.98 Å². The first-order valence-electron chi connectivity index (χ1n) is 9.84. The van der Waals surface area contributed by atoms with E-state index >= 15 is 0 Å². The molecule has 0 amide bonds. The molecule has 4 heteroatoms. The van der Waals surface area contributed by atoms with E-state index in [0.29, 0.717) is 23.6 Å². The molecule has 4 rings (SSSR count). The number of Topliss-reactive ketones (excluding diaryl/α,β-unsaturated/α-hetero) is 1. The Bertz CT molecular complexity index is 781. The van der Waals surface area contributed by atoms with Gasteiger partial charge >= 0.3 is 0 Å². The third-order valence-electron chi connectivity index (χ3n) is 5.94. The number of aromatic nitrogens is 1. The number of hydrogen-bond donors (Lipinski definition) is 0. The normalized spacial score (nSPS) is 27.6. The van der Waals surface area contributed by atoms with Crippen molar-refractivity contribution in [3.63, 3.8) is 0 Å². The van der Waals surface area contributed by atoms with E-state index in [0.717, 1.165) is 38.5 Å². The molecule has 2 aliphatic heterocycles. The molecule has 1 aromatic carbocycles. The molecule has 138 valence electrons. The highest BCUT2D eigenvalue weighted by molar-refractivity contribution is 5.91. The molecular formula is C22H27NO3. The van der Waals surface area contributed by atoms with Gasteiger partial charge in [-0.2, -0.15) is 0 Å². The molecule has 2 bridgehead atoms. The van der Waals surface area contributed by atoms with Gasteiger partial charge in [0.05, 0.1) is 12.2 Å². The lowest BCUT2D eigenvalue weighted by Gasteiger charge is -2.35. The Kier molecular flexibility index (Phi) is 4.94. The second kappa shape index (κ2) is 7.36. The van der Waals surface area contributed by atoms with Gasteiger partial charge in [0.1, 0.15) is 12.0 Å². The Labute approximate surface area is 155 Å². The van der Waals surface area contributed by atoms with E-state index < -0.39 is 0 Å². The molecular weight excluding hydrogens is 326 g/mol. The van der Waals surface area contributed by atoms with Crippen LogP contribution in [0.15, 0.2) is 34.9 Å². The quantitative estimate of drug-likeness (QED) is 0.705. The number of aryl methyl sites for hydroxylation is 1. The molecule has 0 N–H and O–H groups in total. The minimum absolute atomic E-state index is 0.0418. The third-order valence-corrected chi connectivity index (χ3v) is 5.94. The van der Waals surface area contributed by atoms with Crippen molar-refractivity contribution in [1.29, 1.82) is 0 Å². The molecule has 2 fully saturated rings. The van der Waals surface area contributed by atoms with Gasteiger partial charge in [0.15, 0.2) is 11.7 Å². The fourth-order valence-electron chi connectivity index (χ4n) is 4.64. The van der Waals surface area contributed by atoms with E-state index in [2.05, 4.69) is 36.2 Å². The summed E-state index contributed by atoms with van der Waals surface area (Å²) < 4.78 is 12.0. The number of carbonyl (C=O) groups excluding carboxylic acids is 1. The van der Waals surface area contributed by atoms with Crippen molar-refractivity contribution in [2.75, 3.05) is 0 Å². The highest BCUT2D eigenvalue weighted by Gasteiger charge is 2.45. The first kappa shape index (κ1) is 17.5. The first-order chi connectivity index (χ1) is 12.7. The molecule has 0 unspecified atom stereocenters. The predicted octanol–water partition coefficient (Wildman–Crippen LogP) is 4.72. The molecule has 26 heavy (non-hydrogen) atoms. The van der Waals surface area contributed by atoms with Gasteiger partial charge < -0.3 is 9.15 Å². The minimum atomic E-state index is -0.0418. The summed E-state index contributed by atoms with van der Waals surface area (Å²) in [6.45, 7) is 3.76. The van der Waals surface area contributed by atoms with Gasteiger partial charge in [0, 0.05) is 18.8 Å². The number of nitrogens with zero attached hydrogens (tertiary/aromatic N) is 1. The van der Waals surface area contributed by atoms with Crippen LogP contribution in [0.1, 0.15) is 73.0 Å². The highest BCUT2D eigenvalue weighted by Crippen LogP contribution is 2.46. The molecule has 0 aliphatic carbocycles. The van der Waals surface area contributed by atoms with E-state index in [1.54, 1.807) is 0 Å². The summed E-state index contributed by atoms with van der Waals surface area (Å²) in [5.74, 6) is 1.25. The molecule has 0 spiro atoms. The lowest BCUT2D eigenvalue weighted by atomic mass is 9.78. The number of rotatable bonds is 6. The number of oxazole rings is 1. The topological polar surface area (TPSA) is 52.3 Å². The van der Waals surface area contributed by atoms with Crippen LogP contribution in [0.25, 0.3) is 0 Å². The average Bonchev–Trinajstić information content (AvgIpc) is 3.27. The number of ketones is 1. The van der Waals surface area contributed by atoms with Gasteiger partial charge in [-0.15, -0.1) is 0 Å². The Balaban J connectivity index is 1.63. The van der Waals surface area contributed by atoms with Crippen LogP contribution in [0.4, 0.5) is 0 Å². The monoisotopic (exact) mass is 353 g/mol. The fourth-order valence-corrected chi connectivity index (χ4v) is 4.64. The number of hydrogen-bond acceptors (Lipinski definition) is 4. The maximum Gasteiger partial charge on any atom is 0.198 e. The van der Waals surface area contributed by atoms with Crippen molar-refractivity contribution >= 4 is 5.78 Å². The minimum Gasteiger partial charge on any atom is -0.448 e.